The highest BCUT2D eigenvalue weighted by atomic mass is 15.1. The van der Waals surface area contributed by atoms with Gasteiger partial charge in [-0.05, 0) is 25.0 Å². The molecule has 3 nitrogen and oxygen atoms in total. The summed E-state index contributed by atoms with van der Waals surface area (Å²) in [5.41, 5.74) is 7.54. The SMILES string of the molecule is CN(c1cccc(C(=N)N)c1)C1CCCCCC1. The fourth-order valence-corrected chi connectivity index (χ4v) is 2.75. The maximum atomic E-state index is 7.51. The van der Waals surface area contributed by atoms with E-state index < -0.39 is 0 Å². The second-order valence-electron chi connectivity index (χ2n) is 5.22. The Kier molecular flexibility index (Phi) is 4.24. The van der Waals surface area contributed by atoms with E-state index in [4.69, 9.17) is 11.1 Å². The second-order valence-corrected chi connectivity index (χ2v) is 5.22. The molecule has 1 aromatic carbocycles. The molecule has 1 aliphatic carbocycles. The molecule has 3 heteroatoms. The molecule has 2 rings (SSSR count). The van der Waals surface area contributed by atoms with Gasteiger partial charge in [0.15, 0.2) is 0 Å². The van der Waals surface area contributed by atoms with Crippen LogP contribution in [0.1, 0.15) is 44.1 Å². The summed E-state index contributed by atoms with van der Waals surface area (Å²) in [7, 11) is 2.16. The molecular formula is C15H23N3. The van der Waals surface area contributed by atoms with Crippen molar-refractivity contribution in [2.75, 3.05) is 11.9 Å². The van der Waals surface area contributed by atoms with E-state index >= 15 is 0 Å². The van der Waals surface area contributed by atoms with Crippen LogP contribution >= 0.6 is 0 Å². The summed E-state index contributed by atoms with van der Waals surface area (Å²) >= 11 is 0. The van der Waals surface area contributed by atoms with Crippen molar-refractivity contribution in [2.24, 2.45) is 5.73 Å². The molecule has 0 amide bonds. The van der Waals surface area contributed by atoms with Gasteiger partial charge in [0.05, 0.1) is 0 Å². The van der Waals surface area contributed by atoms with E-state index in [-0.39, 0.29) is 5.84 Å². The Morgan fingerprint density at radius 3 is 2.50 bits per heavy atom. The first-order chi connectivity index (χ1) is 8.68. The summed E-state index contributed by atoms with van der Waals surface area (Å²) in [5.74, 6) is 0.145. The summed E-state index contributed by atoms with van der Waals surface area (Å²) < 4.78 is 0. The predicted molar refractivity (Wildman–Crippen MR) is 77.4 cm³/mol. The molecule has 0 radical (unpaired) electrons. The Morgan fingerprint density at radius 1 is 1.22 bits per heavy atom. The number of nitrogens with zero attached hydrogens (tertiary/aromatic N) is 1. The number of hydrogen-bond acceptors (Lipinski definition) is 2. The quantitative estimate of drug-likeness (QED) is 0.488. The zero-order valence-corrected chi connectivity index (χ0v) is 11.2. The first-order valence-electron chi connectivity index (χ1n) is 6.86. The lowest BCUT2D eigenvalue weighted by molar-refractivity contribution is 0.553. The Balaban J connectivity index is 2.13. The van der Waals surface area contributed by atoms with Gasteiger partial charge in [-0.15, -0.1) is 0 Å². The lowest BCUT2D eigenvalue weighted by Crippen LogP contribution is -2.31. The molecule has 0 unspecified atom stereocenters. The Labute approximate surface area is 109 Å². The standard InChI is InChI=1S/C15H23N3/c1-18(13-8-4-2-3-5-9-13)14-10-6-7-12(11-14)15(16)17/h6-7,10-11,13H,2-5,8-9H2,1H3,(H3,16,17). The van der Waals surface area contributed by atoms with E-state index in [1.54, 1.807) is 0 Å². The molecule has 0 saturated heterocycles. The summed E-state index contributed by atoms with van der Waals surface area (Å²) in [4.78, 5) is 2.36. The minimum Gasteiger partial charge on any atom is -0.384 e. The van der Waals surface area contributed by atoms with E-state index in [0.29, 0.717) is 6.04 Å². The van der Waals surface area contributed by atoms with E-state index in [2.05, 4.69) is 18.0 Å². The molecule has 0 heterocycles. The first-order valence-corrected chi connectivity index (χ1v) is 6.86. The summed E-state index contributed by atoms with van der Waals surface area (Å²) in [6.45, 7) is 0. The number of anilines is 1. The fourth-order valence-electron chi connectivity index (χ4n) is 2.75. The third-order valence-corrected chi connectivity index (χ3v) is 3.94. The topological polar surface area (TPSA) is 53.1 Å². The van der Waals surface area contributed by atoms with Gasteiger partial charge >= 0.3 is 0 Å². The van der Waals surface area contributed by atoms with Crippen LogP contribution in [0.15, 0.2) is 24.3 Å². The van der Waals surface area contributed by atoms with Gasteiger partial charge in [-0.3, -0.25) is 5.41 Å². The van der Waals surface area contributed by atoms with E-state index in [1.807, 2.05) is 18.2 Å². The zero-order chi connectivity index (χ0) is 13.0. The van der Waals surface area contributed by atoms with Crippen molar-refractivity contribution in [3.63, 3.8) is 0 Å². The lowest BCUT2D eigenvalue weighted by Gasteiger charge is -2.29. The van der Waals surface area contributed by atoms with Crippen molar-refractivity contribution in [2.45, 2.75) is 44.6 Å². The van der Waals surface area contributed by atoms with Crippen molar-refractivity contribution in [1.29, 1.82) is 5.41 Å². The molecule has 0 spiro atoms. The molecule has 0 aromatic heterocycles. The number of rotatable bonds is 3. The summed E-state index contributed by atoms with van der Waals surface area (Å²) in [5, 5.41) is 7.51. The smallest absolute Gasteiger partial charge is 0.122 e. The first kappa shape index (κ1) is 12.9. The number of benzene rings is 1. The zero-order valence-electron chi connectivity index (χ0n) is 11.2. The van der Waals surface area contributed by atoms with Gasteiger partial charge in [0.25, 0.3) is 0 Å². The Bertz CT molecular complexity index is 406. The molecule has 1 saturated carbocycles. The van der Waals surface area contributed by atoms with Crippen LogP contribution in [-0.2, 0) is 0 Å². The number of nitrogen functional groups attached to an aromatic ring is 1. The van der Waals surface area contributed by atoms with Crippen molar-refractivity contribution in [3.05, 3.63) is 29.8 Å². The molecule has 0 atom stereocenters. The highest BCUT2D eigenvalue weighted by Gasteiger charge is 2.17. The van der Waals surface area contributed by atoms with Gasteiger partial charge < -0.3 is 10.6 Å². The molecule has 18 heavy (non-hydrogen) atoms. The second kappa shape index (κ2) is 5.89. The van der Waals surface area contributed by atoms with Crippen molar-refractivity contribution < 1.29 is 0 Å². The molecule has 1 fully saturated rings. The number of amidine groups is 1. The summed E-state index contributed by atoms with van der Waals surface area (Å²) in [6, 6.07) is 8.64. The minimum atomic E-state index is 0.145. The van der Waals surface area contributed by atoms with Crippen LogP contribution in [0.25, 0.3) is 0 Å². The minimum absolute atomic E-state index is 0.145. The largest absolute Gasteiger partial charge is 0.384 e. The monoisotopic (exact) mass is 245 g/mol. The maximum absolute atomic E-state index is 7.51. The van der Waals surface area contributed by atoms with E-state index in [1.165, 1.54) is 44.2 Å². The van der Waals surface area contributed by atoms with Crippen LogP contribution in [0.3, 0.4) is 0 Å². The van der Waals surface area contributed by atoms with Gasteiger partial charge in [0.2, 0.25) is 0 Å². The highest BCUT2D eigenvalue weighted by Crippen LogP contribution is 2.25. The lowest BCUT2D eigenvalue weighted by atomic mass is 10.1. The van der Waals surface area contributed by atoms with Gasteiger partial charge in [-0.25, -0.2) is 0 Å². The van der Waals surface area contributed by atoms with E-state index in [0.717, 1.165) is 5.56 Å². The molecule has 1 aliphatic rings. The Hall–Kier alpha value is -1.51. The van der Waals surface area contributed by atoms with E-state index in [9.17, 15) is 0 Å². The number of nitrogens with two attached hydrogens (primary N) is 1. The molecule has 3 N–H and O–H groups in total. The molecular weight excluding hydrogens is 222 g/mol. The van der Waals surface area contributed by atoms with Gasteiger partial charge in [-0.2, -0.15) is 0 Å². The van der Waals surface area contributed by atoms with Crippen molar-refractivity contribution >= 4 is 11.5 Å². The fraction of sp³-hybridized carbons (Fsp3) is 0.533. The van der Waals surface area contributed by atoms with Crippen LogP contribution < -0.4 is 10.6 Å². The van der Waals surface area contributed by atoms with Gasteiger partial charge in [-0.1, -0.05) is 37.8 Å². The van der Waals surface area contributed by atoms with Crippen LogP contribution in [0.2, 0.25) is 0 Å². The molecule has 0 aliphatic heterocycles. The van der Waals surface area contributed by atoms with Crippen LogP contribution in [0, 0.1) is 5.41 Å². The third-order valence-electron chi connectivity index (χ3n) is 3.94. The van der Waals surface area contributed by atoms with Gasteiger partial charge in [0, 0.05) is 24.3 Å². The predicted octanol–water partition coefficient (Wildman–Crippen LogP) is 3.13. The maximum Gasteiger partial charge on any atom is 0.122 e. The number of hydrogen-bond donors (Lipinski definition) is 2. The van der Waals surface area contributed by atoms with Gasteiger partial charge in [0.1, 0.15) is 5.84 Å². The average Bonchev–Trinajstić information content (AvgIpc) is 2.67. The van der Waals surface area contributed by atoms with Crippen molar-refractivity contribution in [1.82, 2.24) is 0 Å². The molecule has 1 aromatic rings. The molecule has 0 bridgehead atoms. The number of nitrogens with one attached hydrogen (secondary N) is 1. The van der Waals surface area contributed by atoms with Crippen LogP contribution in [-0.4, -0.2) is 18.9 Å². The third kappa shape index (κ3) is 3.03. The summed E-state index contributed by atoms with van der Waals surface area (Å²) in [6.07, 6.45) is 7.97. The average molecular weight is 245 g/mol. The van der Waals surface area contributed by atoms with Crippen LogP contribution in [0.4, 0.5) is 5.69 Å². The molecule has 98 valence electrons. The normalized spacial score (nSPS) is 17.2. The van der Waals surface area contributed by atoms with Crippen LogP contribution in [0.5, 0.6) is 0 Å². The Morgan fingerprint density at radius 2 is 1.89 bits per heavy atom. The van der Waals surface area contributed by atoms with Crippen molar-refractivity contribution in [3.8, 4) is 0 Å². The highest BCUT2D eigenvalue weighted by molar-refractivity contribution is 5.95.